The number of rotatable bonds is 6. The molecule has 170 valence electrons. The molecule has 5 rings (SSSR count). The van der Waals surface area contributed by atoms with E-state index in [9.17, 15) is 4.79 Å². The second-order valence-corrected chi connectivity index (χ2v) is 9.37. The van der Waals surface area contributed by atoms with Gasteiger partial charge in [-0.05, 0) is 48.9 Å². The maximum Gasteiger partial charge on any atom is 0.236 e. The topological polar surface area (TPSA) is 36.0 Å². The standard InChI is InChI=1S/C27H35N3O2/c1-2-32-26-9-4-3-8-25(26)22-10-11-23-19-28(13-12-21(23)18-22)20-27(31)30-16-14-29(15-17-30)24-6-5-7-24/h3-4,8-11,18,24H,2,5-7,12-17,19-20H2,1H3. The first-order valence-corrected chi connectivity index (χ1v) is 12.3. The Hall–Kier alpha value is -2.37. The SMILES string of the molecule is CCOc1ccccc1-c1ccc2c(c1)CCN(CC(=O)N1CCN(C3CCC3)CC1)C2. The summed E-state index contributed by atoms with van der Waals surface area (Å²) in [6, 6.07) is 15.8. The van der Waals surface area contributed by atoms with Gasteiger partial charge in [-0.25, -0.2) is 0 Å². The second-order valence-electron chi connectivity index (χ2n) is 9.37. The molecule has 0 unspecified atom stereocenters. The number of carbonyl (C=O) groups is 1. The molecular formula is C27H35N3O2. The third-order valence-electron chi connectivity index (χ3n) is 7.41. The van der Waals surface area contributed by atoms with Crippen LogP contribution in [0.1, 0.15) is 37.3 Å². The number of hydrogen-bond donors (Lipinski definition) is 0. The maximum absolute atomic E-state index is 12.9. The molecule has 0 spiro atoms. The summed E-state index contributed by atoms with van der Waals surface area (Å²) in [7, 11) is 0. The molecule has 32 heavy (non-hydrogen) atoms. The van der Waals surface area contributed by atoms with E-state index in [1.165, 1.54) is 36.0 Å². The molecule has 1 saturated carbocycles. The molecule has 0 N–H and O–H groups in total. The summed E-state index contributed by atoms with van der Waals surface area (Å²) in [5, 5.41) is 0. The van der Waals surface area contributed by atoms with Crippen LogP contribution in [0.15, 0.2) is 42.5 Å². The molecule has 1 saturated heterocycles. The highest BCUT2D eigenvalue weighted by Crippen LogP contribution is 2.32. The van der Waals surface area contributed by atoms with Crippen molar-refractivity contribution in [3.8, 4) is 16.9 Å². The van der Waals surface area contributed by atoms with Gasteiger partial charge in [0.15, 0.2) is 0 Å². The lowest BCUT2D eigenvalue weighted by Crippen LogP contribution is -2.55. The number of fused-ring (bicyclic) bond motifs is 1. The maximum atomic E-state index is 12.9. The van der Waals surface area contributed by atoms with Crippen LogP contribution in [0.4, 0.5) is 0 Å². The molecule has 2 fully saturated rings. The molecule has 0 bridgehead atoms. The Labute approximate surface area is 191 Å². The number of hydrogen-bond acceptors (Lipinski definition) is 4. The Morgan fingerprint density at radius 1 is 1.00 bits per heavy atom. The average Bonchev–Trinajstić information content (AvgIpc) is 2.79. The van der Waals surface area contributed by atoms with Gasteiger partial charge in [-0.2, -0.15) is 0 Å². The molecule has 3 aliphatic rings. The first-order chi connectivity index (χ1) is 15.7. The normalized spacial score (nSPS) is 20.0. The highest BCUT2D eigenvalue weighted by atomic mass is 16.5. The quantitative estimate of drug-likeness (QED) is 0.694. The number of para-hydroxylation sites is 1. The van der Waals surface area contributed by atoms with Crippen LogP contribution < -0.4 is 4.74 Å². The summed E-state index contributed by atoms with van der Waals surface area (Å²) in [6.45, 7) is 8.90. The summed E-state index contributed by atoms with van der Waals surface area (Å²) in [6.07, 6.45) is 5.06. The molecular weight excluding hydrogens is 398 g/mol. The van der Waals surface area contributed by atoms with Crippen molar-refractivity contribution in [1.29, 1.82) is 0 Å². The van der Waals surface area contributed by atoms with Crippen LogP contribution >= 0.6 is 0 Å². The number of nitrogens with zero attached hydrogens (tertiary/aromatic N) is 3. The lowest BCUT2D eigenvalue weighted by molar-refractivity contribution is -0.135. The van der Waals surface area contributed by atoms with Gasteiger partial charge < -0.3 is 9.64 Å². The van der Waals surface area contributed by atoms with Gasteiger partial charge in [-0.1, -0.05) is 42.8 Å². The van der Waals surface area contributed by atoms with Gasteiger partial charge in [-0.15, -0.1) is 0 Å². The van der Waals surface area contributed by atoms with Gasteiger partial charge in [0.05, 0.1) is 13.2 Å². The molecule has 2 aromatic rings. The largest absolute Gasteiger partial charge is 0.493 e. The van der Waals surface area contributed by atoms with E-state index in [4.69, 9.17) is 4.74 Å². The number of amides is 1. The molecule has 0 atom stereocenters. The summed E-state index contributed by atoms with van der Waals surface area (Å²) < 4.78 is 5.83. The predicted octanol–water partition coefficient (Wildman–Crippen LogP) is 3.81. The van der Waals surface area contributed by atoms with Crippen molar-refractivity contribution < 1.29 is 9.53 Å². The van der Waals surface area contributed by atoms with E-state index in [1.807, 2.05) is 19.1 Å². The fourth-order valence-electron chi connectivity index (χ4n) is 5.28. The average molecular weight is 434 g/mol. The zero-order valence-corrected chi connectivity index (χ0v) is 19.3. The zero-order chi connectivity index (χ0) is 21.9. The number of ether oxygens (including phenoxy) is 1. The van der Waals surface area contributed by atoms with E-state index in [0.29, 0.717) is 19.1 Å². The third-order valence-corrected chi connectivity index (χ3v) is 7.41. The minimum Gasteiger partial charge on any atom is -0.493 e. The second kappa shape index (κ2) is 9.63. The van der Waals surface area contributed by atoms with Crippen molar-refractivity contribution in [1.82, 2.24) is 14.7 Å². The van der Waals surface area contributed by atoms with Gasteiger partial charge in [0, 0.05) is 50.9 Å². The van der Waals surface area contributed by atoms with Crippen LogP contribution in [0.25, 0.3) is 11.1 Å². The summed E-state index contributed by atoms with van der Waals surface area (Å²) in [5.74, 6) is 1.24. The summed E-state index contributed by atoms with van der Waals surface area (Å²) >= 11 is 0. The van der Waals surface area contributed by atoms with Gasteiger partial charge in [0.25, 0.3) is 0 Å². The molecule has 2 aliphatic heterocycles. The van der Waals surface area contributed by atoms with E-state index in [1.54, 1.807) is 0 Å². The highest BCUT2D eigenvalue weighted by Gasteiger charge is 2.30. The van der Waals surface area contributed by atoms with E-state index in [0.717, 1.165) is 63.0 Å². The number of carbonyl (C=O) groups excluding carboxylic acids is 1. The Balaban J connectivity index is 1.19. The van der Waals surface area contributed by atoms with E-state index in [2.05, 4.69) is 45.0 Å². The van der Waals surface area contributed by atoms with Crippen molar-refractivity contribution in [3.63, 3.8) is 0 Å². The summed E-state index contributed by atoms with van der Waals surface area (Å²) in [5.41, 5.74) is 5.10. The fourth-order valence-corrected chi connectivity index (χ4v) is 5.28. The lowest BCUT2D eigenvalue weighted by atomic mass is 9.91. The Kier molecular flexibility index (Phi) is 6.47. The van der Waals surface area contributed by atoms with Gasteiger partial charge >= 0.3 is 0 Å². The van der Waals surface area contributed by atoms with Crippen LogP contribution in [0.5, 0.6) is 5.75 Å². The molecule has 1 amide bonds. The molecule has 2 heterocycles. The third kappa shape index (κ3) is 4.55. The Bertz CT molecular complexity index is 948. The van der Waals surface area contributed by atoms with Crippen LogP contribution in [0.3, 0.4) is 0 Å². The van der Waals surface area contributed by atoms with Crippen LogP contribution in [-0.4, -0.2) is 72.5 Å². The number of piperazine rings is 1. The molecule has 0 radical (unpaired) electrons. The number of benzene rings is 2. The van der Waals surface area contributed by atoms with Gasteiger partial charge in [0.2, 0.25) is 5.91 Å². The van der Waals surface area contributed by atoms with Crippen molar-refractivity contribution in [2.75, 3.05) is 45.9 Å². The van der Waals surface area contributed by atoms with Gasteiger partial charge in [0.1, 0.15) is 5.75 Å². The van der Waals surface area contributed by atoms with E-state index < -0.39 is 0 Å². The Morgan fingerprint density at radius 2 is 1.81 bits per heavy atom. The van der Waals surface area contributed by atoms with E-state index in [-0.39, 0.29) is 0 Å². The minimum absolute atomic E-state index is 0.295. The lowest BCUT2D eigenvalue weighted by Gasteiger charge is -2.43. The molecule has 5 heteroatoms. The van der Waals surface area contributed by atoms with Crippen LogP contribution in [0, 0.1) is 0 Å². The smallest absolute Gasteiger partial charge is 0.236 e. The van der Waals surface area contributed by atoms with Crippen LogP contribution in [-0.2, 0) is 17.8 Å². The minimum atomic E-state index is 0.295. The van der Waals surface area contributed by atoms with Crippen molar-refractivity contribution >= 4 is 5.91 Å². The molecule has 0 aromatic heterocycles. The van der Waals surface area contributed by atoms with Crippen molar-refractivity contribution in [2.45, 2.75) is 45.2 Å². The first kappa shape index (κ1) is 21.5. The predicted molar refractivity (Wildman–Crippen MR) is 128 cm³/mol. The monoisotopic (exact) mass is 433 g/mol. The summed E-state index contributed by atoms with van der Waals surface area (Å²) in [4.78, 5) is 19.9. The van der Waals surface area contributed by atoms with Crippen molar-refractivity contribution in [2.24, 2.45) is 0 Å². The Morgan fingerprint density at radius 3 is 2.56 bits per heavy atom. The van der Waals surface area contributed by atoms with Crippen molar-refractivity contribution in [3.05, 3.63) is 53.6 Å². The zero-order valence-electron chi connectivity index (χ0n) is 19.3. The van der Waals surface area contributed by atoms with Gasteiger partial charge in [-0.3, -0.25) is 14.6 Å². The highest BCUT2D eigenvalue weighted by molar-refractivity contribution is 5.78. The fraction of sp³-hybridized carbons (Fsp3) is 0.519. The van der Waals surface area contributed by atoms with Crippen LogP contribution in [0.2, 0.25) is 0 Å². The molecule has 1 aliphatic carbocycles. The first-order valence-electron chi connectivity index (χ1n) is 12.3. The molecule has 2 aromatic carbocycles. The molecule has 5 nitrogen and oxygen atoms in total. The van der Waals surface area contributed by atoms with E-state index >= 15 is 0 Å².